The molecule has 11 heteroatoms. The van der Waals surface area contributed by atoms with Crippen LogP contribution in [0, 0.1) is 0 Å². The van der Waals surface area contributed by atoms with Crippen molar-refractivity contribution in [2.24, 2.45) is 0 Å². The Balaban J connectivity index is 2.46. The summed E-state index contributed by atoms with van der Waals surface area (Å²) >= 11 is 12.1. The Bertz CT molecular complexity index is 1140. The molecule has 0 bridgehead atoms. The van der Waals surface area contributed by atoms with E-state index >= 15 is 0 Å². The highest BCUT2D eigenvalue weighted by molar-refractivity contribution is 7.92. The quantitative estimate of drug-likeness (QED) is 0.366. The number of methoxy groups -OCH3 is 1. The lowest BCUT2D eigenvalue weighted by molar-refractivity contribution is -0.140. The molecule has 0 aliphatic heterocycles. The molecule has 1 N–H and O–H groups in total. The summed E-state index contributed by atoms with van der Waals surface area (Å²) in [6.45, 7) is 3.87. The van der Waals surface area contributed by atoms with Crippen molar-refractivity contribution in [1.82, 2.24) is 10.2 Å². The lowest BCUT2D eigenvalue weighted by Gasteiger charge is -2.33. The largest absolute Gasteiger partial charge is 0.495 e. The van der Waals surface area contributed by atoms with Crippen LogP contribution in [0.25, 0.3) is 0 Å². The number of nitrogens with zero attached hydrogens (tertiary/aromatic N) is 2. The maximum Gasteiger partial charge on any atom is 0.244 e. The van der Waals surface area contributed by atoms with E-state index in [-0.39, 0.29) is 28.9 Å². The van der Waals surface area contributed by atoms with Gasteiger partial charge in [0.1, 0.15) is 18.3 Å². The molecule has 2 amide bonds. The van der Waals surface area contributed by atoms with Crippen LogP contribution in [0.5, 0.6) is 5.75 Å². The summed E-state index contributed by atoms with van der Waals surface area (Å²) in [4.78, 5) is 28.1. The lowest BCUT2D eigenvalue weighted by Crippen LogP contribution is -2.52. The van der Waals surface area contributed by atoms with Crippen LogP contribution >= 0.6 is 23.2 Å². The van der Waals surface area contributed by atoms with Gasteiger partial charge in [-0.05, 0) is 48.7 Å². The number of ether oxygens (including phenoxy) is 1. The maximum absolute atomic E-state index is 13.7. The van der Waals surface area contributed by atoms with Gasteiger partial charge in [-0.1, -0.05) is 55.6 Å². The summed E-state index contributed by atoms with van der Waals surface area (Å²) in [5.41, 5.74) is 0.881. The molecule has 1 atom stereocenters. The zero-order valence-electron chi connectivity index (χ0n) is 21.0. The summed E-state index contributed by atoms with van der Waals surface area (Å²) in [6.07, 6.45) is 3.06. The Morgan fingerprint density at radius 1 is 1.06 bits per heavy atom. The molecule has 8 nitrogen and oxygen atoms in total. The third-order valence-corrected chi connectivity index (χ3v) is 7.18. The van der Waals surface area contributed by atoms with Crippen molar-refractivity contribution >= 4 is 50.7 Å². The first-order valence-corrected chi connectivity index (χ1v) is 14.2. The highest BCUT2D eigenvalue weighted by atomic mass is 35.5. The van der Waals surface area contributed by atoms with Crippen LogP contribution in [0.3, 0.4) is 0 Å². The molecule has 0 saturated carbocycles. The van der Waals surface area contributed by atoms with Crippen LogP contribution in [0.4, 0.5) is 5.69 Å². The zero-order valence-corrected chi connectivity index (χ0v) is 23.3. The van der Waals surface area contributed by atoms with Crippen LogP contribution in [-0.4, -0.2) is 57.6 Å². The summed E-state index contributed by atoms with van der Waals surface area (Å²) in [6, 6.07) is 10.6. The van der Waals surface area contributed by atoms with E-state index in [0.717, 1.165) is 29.0 Å². The smallest absolute Gasteiger partial charge is 0.244 e. The molecule has 2 rings (SSSR count). The van der Waals surface area contributed by atoms with Crippen molar-refractivity contribution in [3.8, 4) is 5.75 Å². The average molecular weight is 559 g/mol. The molecule has 0 saturated heterocycles. The molecular formula is C25H33Cl2N3O5S. The fourth-order valence-corrected chi connectivity index (χ4v) is 4.80. The van der Waals surface area contributed by atoms with Crippen molar-refractivity contribution in [2.75, 3.05) is 30.8 Å². The molecule has 2 aromatic carbocycles. The number of sulfonamides is 1. The van der Waals surface area contributed by atoms with E-state index in [9.17, 15) is 18.0 Å². The molecule has 0 heterocycles. The van der Waals surface area contributed by atoms with Gasteiger partial charge in [0, 0.05) is 23.1 Å². The predicted molar refractivity (Wildman–Crippen MR) is 144 cm³/mol. The van der Waals surface area contributed by atoms with Crippen LogP contribution in [0.2, 0.25) is 10.0 Å². The highest BCUT2D eigenvalue weighted by Crippen LogP contribution is 2.33. The van der Waals surface area contributed by atoms with Crippen LogP contribution in [0.15, 0.2) is 42.5 Å². The Kier molecular flexibility index (Phi) is 11.3. The van der Waals surface area contributed by atoms with E-state index in [4.69, 9.17) is 27.9 Å². The normalized spacial score (nSPS) is 12.1. The zero-order chi connectivity index (χ0) is 26.9. The highest BCUT2D eigenvalue weighted by Gasteiger charge is 2.32. The number of anilines is 1. The summed E-state index contributed by atoms with van der Waals surface area (Å²) in [5, 5.41) is 3.71. The van der Waals surface area contributed by atoms with E-state index in [1.807, 2.05) is 6.92 Å². The van der Waals surface area contributed by atoms with Gasteiger partial charge in [-0.2, -0.15) is 0 Å². The molecule has 0 radical (unpaired) electrons. The van der Waals surface area contributed by atoms with Gasteiger partial charge in [-0.15, -0.1) is 0 Å². The van der Waals surface area contributed by atoms with E-state index in [2.05, 4.69) is 5.32 Å². The van der Waals surface area contributed by atoms with Crippen LogP contribution < -0.4 is 14.4 Å². The molecule has 0 spiro atoms. The van der Waals surface area contributed by atoms with Crippen LogP contribution in [-0.2, 0) is 26.2 Å². The van der Waals surface area contributed by atoms with Crippen molar-refractivity contribution in [2.45, 2.75) is 45.7 Å². The monoisotopic (exact) mass is 557 g/mol. The lowest BCUT2D eigenvalue weighted by atomic mass is 10.1. The molecule has 0 aliphatic carbocycles. The van der Waals surface area contributed by atoms with Crippen LogP contribution in [0.1, 0.15) is 38.7 Å². The SMILES string of the molecule is CCCCNC(=O)[C@H](CC)N(Cc1ccc(Cl)cc1)C(=O)CN(c1cc(Cl)ccc1OC)S(C)(=O)=O. The summed E-state index contributed by atoms with van der Waals surface area (Å²) in [7, 11) is -2.52. The number of halogens is 2. The van der Waals surface area contributed by atoms with Gasteiger partial charge in [0.15, 0.2) is 0 Å². The van der Waals surface area contributed by atoms with Crippen molar-refractivity contribution in [3.63, 3.8) is 0 Å². The number of benzene rings is 2. The Labute approximate surface area is 223 Å². The van der Waals surface area contributed by atoms with Gasteiger partial charge in [0.2, 0.25) is 21.8 Å². The summed E-state index contributed by atoms with van der Waals surface area (Å²) < 4.78 is 31.8. The van der Waals surface area contributed by atoms with Gasteiger partial charge < -0.3 is 15.0 Å². The average Bonchev–Trinajstić information content (AvgIpc) is 2.83. The van der Waals surface area contributed by atoms with Gasteiger partial charge in [0.25, 0.3) is 0 Å². The molecule has 0 unspecified atom stereocenters. The first-order chi connectivity index (χ1) is 17.0. The molecule has 0 aromatic heterocycles. The fourth-order valence-electron chi connectivity index (χ4n) is 3.66. The molecule has 0 aliphatic rings. The number of amides is 2. The maximum atomic E-state index is 13.7. The fraction of sp³-hybridized carbons (Fsp3) is 0.440. The second-order valence-corrected chi connectivity index (χ2v) is 11.1. The minimum atomic E-state index is -3.92. The molecular weight excluding hydrogens is 525 g/mol. The van der Waals surface area contributed by atoms with E-state index in [0.29, 0.717) is 18.0 Å². The van der Waals surface area contributed by atoms with Gasteiger partial charge in [-0.25, -0.2) is 8.42 Å². The first kappa shape index (κ1) is 29.7. The van der Waals surface area contributed by atoms with Gasteiger partial charge in [-0.3, -0.25) is 13.9 Å². The predicted octanol–water partition coefficient (Wildman–Crippen LogP) is 4.49. The second kappa shape index (κ2) is 13.7. The Hall–Kier alpha value is -2.49. The van der Waals surface area contributed by atoms with E-state index < -0.39 is 28.5 Å². The number of hydrogen-bond acceptors (Lipinski definition) is 5. The third kappa shape index (κ3) is 8.28. The number of rotatable bonds is 13. The Morgan fingerprint density at radius 3 is 2.25 bits per heavy atom. The van der Waals surface area contributed by atoms with Gasteiger partial charge >= 0.3 is 0 Å². The van der Waals surface area contributed by atoms with Gasteiger partial charge in [0.05, 0.1) is 19.1 Å². The number of carbonyl (C=O) groups is 2. The number of unbranched alkanes of at least 4 members (excludes halogenated alkanes) is 1. The van der Waals surface area contributed by atoms with E-state index in [1.54, 1.807) is 37.3 Å². The van der Waals surface area contributed by atoms with Crippen molar-refractivity contribution < 1.29 is 22.7 Å². The topological polar surface area (TPSA) is 96.0 Å². The third-order valence-electron chi connectivity index (χ3n) is 5.57. The molecule has 2 aromatic rings. The summed E-state index contributed by atoms with van der Waals surface area (Å²) in [5.74, 6) is -0.597. The van der Waals surface area contributed by atoms with Crippen molar-refractivity contribution in [3.05, 3.63) is 58.1 Å². The second-order valence-electron chi connectivity index (χ2n) is 8.30. The standard InChI is InChI=1S/C25H33Cl2N3O5S/c1-5-7-14-28-25(32)21(6-2)29(16-18-8-10-19(26)11-9-18)24(31)17-30(36(4,33)34)22-15-20(27)12-13-23(22)35-3/h8-13,15,21H,5-7,14,16-17H2,1-4H3,(H,28,32)/t21-/m0/s1. The van der Waals surface area contributed by atoms with E-state index in [1.165, 1.54) is 24.1 Å². The minimum absolute atomic E-state index is 0.0972. The minimum Gasteiger partial charge on any atom is -0.495 e. The molecule has 36 heavy (non-hydrogen) atoms. The molecule has 0 fully saturated rings. The van der Waals surface area contributed by atoms with Crippen molar-refractivity contribution in [1.29, 1.82) is 0 Å². The first-order valence-electron chi connectivity index (χ1n) is 11.6. The molecule has 198 valence electrons. The number of hydrogen-bond donors (Lipinski definition) is 1. The number of nitrogens with one attached hydrogen (secondary N) is 1. The number of carbonyl (C=O) groups excluding carboxylic acids is 2. The Morgan fingerprint density at radius 2 is 1.69 bits per heavy atom.